The lowest BCUT2D eigenvalue weighted by Crippen LogP contribution is -2.40. The van der Waals surface area contributed by atoms with Crippen LogP contribution < -0.4 is 15.7 Å². The van der Waals surface area contributed by atoms with Crippen molar-refractivity contribution in [3.8, 4) is 17.1 Å². The summed E-state index contributed by atoms with van der Waals surface area (Å²) < 4.78 is 20.3. The van der Waals surface area contributed by atoms with E-state index in [0.29, 0.717) is 46.7 Å². The highest BCUT2D eigenvalue weighted by Gasteiger charge is 2.17. The third kappa shape index (κ3) is 5.44. The van der Waals surface area contributed by atoms with Crippen molar-refractivity contribution in [1.82, 2.24) is 35.9 Å². The Balaban J connectivity index is 1.26. The molecular formula is C22H26FN7O3. The molecule has 0 radical (unpaired) electrons. The van der Waals surface area contributed by atoms with Crippen LogP contribution in [0.25, 0.3) is 22.4 Å². The number of nitrogens with zero attached hydrogens (tertiary/aromatic N) is 3. The van der Waals surface area contributed by atoms with Gasteiger partial charge in [-0.15, -0.1) is 10.2 Å². The number of hydrogen-bond acceptors (Lipinski definition) is 7. The molecule has 4 rings (SSSR count). The second-order valence-electron chi connectivity index (χ2n) is 8.14. The van der Waals surface area contributed by atoms with E-state index in [4.69, 9.17) is 4.74 Å². The van der Waals surface area contributed by atoms with Gasteiger partial charge in [0.05, 0.1) is 5.52 Å². The molecule has 11 heteroatoms. The molecule has 5 N–H and O–H groups in total. The van der Waals surface area contributed by atoms with Crippen LogP contribution in [0.3, 0.4) is 0 Å². The molecule has 4 aromatic rings. The fourth-order valence-electron chi connectivity index (χ4n) is 3.58. The lowest BCUT2D eigenvalue weighted by Gasteiger charge is -2.23. The third-order valence-corrected chi connectivity index (χ3v) is 5.67. The van der Waals surface area contributed by atoms with Gasteiger partial charge in [-0.1, -0.05) is 25.1 Å². The summed E-state index contributed by atoms with van der Waals surface area (Å²) in [5.74, 6) is 0.633. The van der Waals surface area contributed by atoms with E-state index in [1.807, 2.05) is 13.8 Å². The zero-order valence-corrected chi connectivity index (χ0v) is 18.3. The molecule has 0 saturated carbocycles. The molecule has 0 bridgehead atoms. The Labute approximate surface area is 188 Å². The van der Waals surface area contributed by atoms with Crippen molar-refractivity contribution in [3.05, 3.63) is 58.3 Å². The second kappa shape index (κ2) is 9.92. The number of imidazole rings is 1. The number of aliphatic hydroxyl groups excluding tert-OH is 1. The maximum absolute atomic E-state index is 14.6. The van der Waals surface area contributed by atoms with Gasteiger partial charge in [-0.3, -0.25) is 0 Å². The molecule has 0 spiro atoms. The van der Waals surface area contributed by atoms with E-state index in [0.717, 1.165) is 0 Å². The van der Waals surface area contributed by atoms with Gasteiger partial charge in [0.1, 0.15) is 29.8 Å². The van der Waals surface area contributed by atoms with Gasteiger partial charge in [0, 0.05) is 18.2 Å². The number of ether oxygens (including phenoxy) is 1. The molecule has 33 heavy (non-hydrogen) atoms. The van der Waals surface area contributed by atoms with Gasteiger partial charge in [-0.05, 0) is 48.2 Å². The molecule has 3 atom stereocenters. The number of fused-ring (bicyclic) bond motifs is 1. The first-order valence-corrected chi connectivity index (χ1v) is 10.7. The van der Waals surface area contributed by atoms with E-state index in [9.17, 15) is 14.3 Å². The highest BCUT2D eigenvalue weighted by Crippen LogP contribution is 2.22. The van der Waals surface area contributed by atoms with E-state index in [-0.39, 0.29) is 30.1 Å². The molecule has 10 nitrogen and oxygen atoms in total. The lowest BCUT2D eigenvalue weighted by atomic mass is 9.94. The van der Waals surface area contributed by atoms with Crippen molar-refractivity contribution in [1.29, 1.82) is 0 Å². The number of aromatic amines is 3. The van der Waals surface area contributed by atoms with Crippen LogP contribution in [0.2, 0.25) is 0 Å². The van der Waals surface area contributed by atoms with Gasteiger partial charge in [0.25, 0.3) is 0 Å². The van der Waals surface area contributed by atoms with E-state index >= 15 is 0 Å². The van der Waals surface area contributed by atoms with E-state index in [1.165, 1.54) is 6.07 Å². The Bertz CT molecular complexity index is 1250. The van der Waals surface area contributed by atoms with Gasteiger partial charge in [-0.2, -0.15) is 5.21 Å². The number of tetrazole rings is 1. The summed E-state index contributed by atoms with van der Waals surface area (Å²) in [5.41, 5.74) is 2.06. The first kappa shape index (κ1) is 22.6. The minimum absolute atomic E-state index is 0.0281. The SMILES string of the molecule is CC(Cc1ccc(-c2nn[nH]n2)cc1F)C(C)NCC(O)COc1cccc2[nH]c(=O)[nH]c12. The number of nitrogens with one attached hydrogen (secondary N) is 4. The predicted octanol–water partition coefficient (Wildman–Crippen LogP) is 1.77. The van der Waals surface area contributed by atoms with Gasteiger partial charge >= 0.3 is 5.69 Å². The normalized spacial score (nSPS) is 14.3. The van der Waals surface area contributed by atoms with Gasteiger partial charge in [0.15, 0.2) is 0 Å². The molecule has 0 fully saturated rings. The quantitative estimate of drug-likeness (QED) is 0.245. The number of rotatable bonds is 10. The maximum Gasteiger partial charge on any atom is 0.323 e. The molecule has 0 aliphatic rings. The Hall–Kier alpha value is -3.57. The Morgan fingerprint density at radius 3 is 2.82 bits per heavy atom. The standard InChI is InChI=1S/C22H26FN7O3/c1-12(8-14-6-7-15(9-17(14)23)21-27-29-30-28-21)13(2)24-10-16(31)11-33-19-5-3-4-18-20(19)26-22(32)25-18/h3-7,9,12-13,16,24,31H,8,10-11H2,1-2H3,(H2,25,26,32)(H,27,28,29,30). The summed E-state index contributed by atoms with van der Waals surface area (Å²) in [5, 5.41) is 27.2. The smallest absolute Gasteiger partial charge is 0.323 e. The van der Waals surface area contributed by atoms with E-state index in [1.54, 1.807) is 30.3 Å². The maximum atomic E-state index is 14.6. The molecule has 2 aromatic heterocycles. The average Bonchev–Trinajstić information content (AvgIpc) is 3.46. The average molecular weight is 455 g/mol. The third-order valence-electron chi connectivity index (χ3n) is 5.67. The Morgan fingerprint density at radius 2 is 2.06 bits per heavy atom. The molecule has 174 valence electrons. The van der Waals surface area contributed by atoms with Crippen molar-refractivity contribution in [3.63, 3.8) is 0 Å². The highest BCUT2D eigenvalue weighted by atomic mass is 19.1. The Morgan fingerprint density at radius 1 is 1.21 bits per heavy atom. The van der Waals surface area contributed by atoms with Crippen LogP contribution in [0, 0.1) is 11.7 Å². The largest absolute Gasteiger partial charge is 0.489 e. The number of H-pyrrole nitrogens is 3. The van der Waals surface area contributed by atoms with Crippen LogP contribution in [-0.2, 0) is 6.42 Å². The number of hydrogen-bond donors (Lipinski definition) is 5. The van der Waals surface area contributed by atoms with Crippen molar-refractivity contribution in [2.45, 2.75) is 32.4 Å². The fourth-order valence-corrected chi connectivity index (χ4v) is 3.58. The van der Waals surface area contributed by atoms with E-state index in [2.05, 4.69) is 35.9 Å². The molecular weight excluding hydrogens is 429 g/mol. The van der Waals surface area contributed by atoms with Gasteiger partial charge < -0.3 is 25.1 Å². The first-order chi connectivity index (χ1) is 15.9. The fraction of sp³-hybridized carbons (Fsp3) is 0.364. The minimum atomic E-state index is -0.758. The molecule has 0 amide bonds. The minimum Gasteiger partial charge on any atom is -0.489 e. The molecule has 0 aliphatic heterocycles. The molecule has 0 aliphatic carbocycles. The number of aromatic nitrogens is 6. The zero-order valence-electron chi connectivity index (χ0n) is 18.3. The summed E-state index contributed by atoms with van der Waals surface area (Å²) in [6.45, 7) is 4.39. The van der Waals surface area contributed by atoms with Crippen LogP contribution in [0.4, 0.5) is 4.39 Å². The molecule has 2 heterocycles. The van der Waals surface area contributed by atoms with E-state index < -0.39 is 6.10 Å². The van der Waals surface area contributed by atoms with Gasteiger partial charge in [-0.25, -0.2) is 9.18 Å². The topological polar surface area (TPSA) is 145 Å². The van der Waals surface area contributed by atoms with Crippen molar-refractivity contribution in [2.24, 2.45) is 5.92 Å². The highest BCUT2D eigenvalue weighted by molar-refractivity contribution is 5.81. The number of para-hydroxylation sites is 1. The van der Waals surface area contributed by atoms with Crippen LogP contribution in [-0.4, -0.2) is 61.0 Å². The number of benzene rings is 2. The number of halogens is 1. The molecule has 2 aromatic carbocycles. The summed E-state index contributed by atoms with van der Waals surface area (Å²) >= 11 is 0. The van der Waals surface area contributed by atoms with Crippen LogP contribution in [0.5, 0.6) is 5.75 Å². The number of aliphatic hydroxyl groups is 1. The summed E-state index contributed by atoms with van der Waals surface area (Å²) in [6, 6.07) is 10.2. The summed E-state index contributed by atoms with van der Waals surface area (Å²) in [6.07, 6.45) is -0.228. The monoisotopic (exact) mass is 455 g/mol. The zero-order chi connectivity index (χ0) is 23.4. The lowest BCUT2D eigenvalue weighted by molar-refractivity contribution is 0.103. The second-order valence-corrected chi connectivity index (χ2v) is 8.14. The van der Waals surface area contributed by atoms with Crippen molar-refractivity contribution in [2.75, 3.05) is 13.2 Å². The Kier molecular flexibility index (Phi) is 6.80. The summed E-state index contributed by atoms with van der Waals surface area (Å²) in [4.78, 5) is 16.8. The van der Waals surface area contributed by atoms with Crippen LogP contribution in [0.1, 0.15) is 19.4 Å². The summed E-state index contributed by atoms with van der Waals surface area (Å²) in [7, 11) is 0. The molecule has 0 saturated heterocycles. The predicted molar refractivity (Wildman–Crippen MR) is 120 cm³/mol. The van der Waals surface area contributed by atoms with Crippen LogP contribution >= 0.6 is 0 Å². The van der Waals surface area contributed by atoms with Gasteiger partial charge in [0.2, 0.25) is 5.82 Å². The van der Waals surface area contributed by atoms with Crippen molar-refractivity contribution < 1.29 is 14.2 Å². The first-order valence-electron chi connectivity index (χ1n) is 10.7. The van der Waals surface area contributed by atoms with Crippen LogP contribution in [0.15, 0.2) is 41.2 Å². The molecule has 3 unspecified atom stereocenters. The van der Waals surface area contributed by atoms with Crippen molar-refractivity contribution >= 4 is 11.0 Å².